The summed E-state index contributed by atoms with van der Waals surface area (Å²) in [5.74, 6) is -4.05. The van der Waals surface area contributed by atoms with E-state index in [0.29, 0.717) is 11.3 Å². The topological polar surface area (TPSA) is 106 Å². The van der Waals surface area contributed by atoms with E-state index in [0.717, 1.165) is 36.2 Å². The molecule has 0 aliphatic heterocycles. The van der Waals surface area contributed by atoms with Crippen LogP contribution >= 0.6 is 11.9 Å². The zero-order valence-corrected chi connectivity index (χ0v) is 23.4. The van der Waals surface area contributed by atoms with Gasteiger partial charge in [0.05, 0.1) is 18.5 Å². The number of anilines is 1. The van der Waals surface area contributed by atoms with Crippen LogP contribution in [0.5, 0.6) is 0 Å². The summed E-state index contributed by atoms with van der Waals surface area (Å²) >= 11 is 1.17. The number of ether oxygens (including phenoxy) is 1. The van der Waals surface area contributed by atoms with Gasteiger partial charge in [0.15, 0.2) is 0 Å². The lowest BCUT2D eigenvalue weighted by atomic mass is 10.0. The Balaban J connectivity index is 1.44. The van der Waals surface area contributed by atoms with E-state index >= 15 is 0 Å². The first-order valence-electron chi connectivity index (χ1n) is 12.6. The molecule has 1 heterocycles. The third-order valence-corrected chi connectivity index (χ3v) is 7.07. The van der Waals surface area contributed by atoms with E-state index in [-0.39, 0.29) is 17.7 Å². The maximum absolute atomic E-state index is 14.9. The molecule has 0 bridgehead atoms. The first-order valence-corrected chi connectivity index (χ1v) is 13.4. The molecule has 0 saturated carbocycles. The molecule has 4 rings (SSSR count). The maximum Gasteiger partial charge on any atom is 0.328 e. The van der Waals surface area contributed by atoms with Gasteiger partial charge in [0.1, 0.15) is 23.2 Å². The molecular formula is C29H29F2N5O4S. The summed E-state index contributed by atoms with van der Waals surface area (Å²) in [7, 11) is 4.73. The quantitative estimate of drug-likeness (QED) is 0.183. The number of rotatable bonds is 11. The van der Waals surface area contributed by atoms with Crippen LogP contribution in [0.25, 0.3) is 5.69 Å². The zero-order valence-electron chi connectivity index (χ0n) is 22.6. The number of carbonyl (C=O) groups is 2. The lowest BCUT2D eigenvalue weighted by Gasteiger charge is -2.18. The Kier molecular flexibility index (Phi) is 9.58. The SMILES string of the molecule is CNCc1ccc(SNc2cc(F)c(C(=O)N[C@@H](Cc3ccc(-n4c(=O)ccn4C)cc3)C(=O)OC)c(F)c2)cc1. The average Bonchev–Trinajstić information content (AvgIpc) is 3.29. The van der Waals surface area contributed by atoms with Crippen molar-refractivity contribution in [1.29, 1.82) is 0 Å². The summed E-state index contributed by atoms with van der Waals surface area (Å²) < 4.78 is 40.6. The Morgan fingerprint density at radius 1 is 0.976 bits per heavy atom. The van der Waals surface area contributed by atoms with Gasteiger partial charge >= 0.3 is 5.97 Å². The minimum atomic E-state index is -1.21. The summed E-state index contributed by atoms with van der Waals surface area (Å²) in [6.45, 7) is 0.720. The van der Waals surface area contributed by atoms with Gasteiger partial charge in [-0.2, -0.15) is 0 Å². The van der Waals surface area contributed by atoms with E-state index in [4.69, 9.17) is 4.74 Å². The number of esters is 1. The Bertz CT molecular complexity index is 1560. The van der Waals surface area contributed by atoms with Crippen LogP contribution in [-0.4, -0.2) is 41.4 Å². The minimum Gasteiger partial charge on any atom is -0.467 e. The van der Waals surface area contributed by atoms with E-state index < -0.39 is 35.1 Å². The van der Waals surface area contributed by atoms with Crippen LogP contribution in [0.1, 0.15) is 21.5 Å². The fourth-order valence-corrected chi connectivity index (χ4v) is 4.82. The van der Waals surface area contributed by atoms with E-state index in [2.05, 4.69) is 15.4 Å². The maximum atomic E-state index is 14.9. The van der Waals surface area contributed by atoms with Gasteiger partial charge in [-0.1, -0.05) is 24.3 Å². The van der Waals surface area contributed by atoms with Gasteiger partial charge in [0.2, 0.25) is 0 Å². The summed E-state index contributed by atoms with van der Waals surface area (Å²) in [4.78, 5) is 38.2. The Morgan fingerprint density at radius 2 is 1.61 bits per heavy atom. The number of methoxy groups -OCH3 is 1. The van der Waals surface area contributed by atoms with Gasteiger partial charge < -0.3 is 20.1 Å². The van der Waals surface area contributed by atoms with E-state index in [1.165, 1.54) is 22.7 Å². The molecule has 214 valence electrons. The molecule has 3 N–H and O–H groups in total. The number of hydrogen-bond donors (Lipinski definition) is 3. The molecule has 0 unspecified atom stereocenters. The third-order valence-electron chi connectivity index (χ3n) is 6.23. The van der Waals surface area contributed by atoms with Gasteiger partial charge in [0, 0.05) is 37.2 Å². The van der Waals surface area contributed by atoms with E-state index in [9.17, 15) is 23.2 Å². The molecule has 0 aliphatic rings. The predicted molar refractivity (Wildman–Crippen MR) is 153 cm³/mol. The molecule has 0 saturated heterocycles. The number of amides is 1. The number of nitrogens with one attached hydrogen (secondary N) is 3. The second-order valence-corrected chi connectivity index (χ2v) is 10.0. The van der Waals surface area contributed by atoms with Crippen molar-refractivity contribution < 1.29 is 23.1 Å². The number of nitrogens with zero attached hydrogens (tertiary/aromatic N) is 2. The fraction of sp³-hybridized carbons (Fsp3) is 0.207. The smallest absolute Gasteiger partial charge is 0.328 e. The lowest BCUT2D eigenvalue weighted by molar-refractivity contribution is -0.142. The molecule has 0 fully saturated rings. The molecule has 12 heteroatoms. The van der Waals surface area contributed by atoms with Crippen LogP contribution in [0, 0.1) is 11.6 Å². The van der Waals surface area contributed by atoms with Crippen LogP contribution in [-0.2, 0) is 29.5 Å². The number of hydrogen-bond acceptors (Lipinski definition) is 7. The number of aryl methyl sites for hydroxylation is 1. The van der Waals surface area contributed by atoms with Crippen LogP contribution in [0.15, 0.2) is 82.6 Å². The first-order chi connectivity index (χ1) is 19.7. The van der Waals surface area contributed by atoms with Crippen LogP contribution in [0.3, 0.4) is 0 Å². The van der Waals surface area contributed by atoms with Crippen molar-refractivity contribution in [2.24, 2.45) is 7.05 Å². The highest BCUT2D eigenvalue weighted by molar-refractivity contribution is 8.00. The van der Waals surface area contributed by atoms with Crippen LogP contribution < -0.4 is 20.9 Å². The van der Waals surface area contributed by atoms with Crippen molar-refractivity contribution in [2.75, 3.05) is 18.9 Å². The summed E-state index contributed by atoms with van der Waals surface area (Å²) in [5, 5.41) is 5.44. The van der Waals surface area contributed by atoms with Crippen molar-refractivity contribution in [2.45, 2.75) is 23.9 Å². The molecule has 9 nitrogen and oxygen atoms in total. The summed E-state index contributed by atoms with van der Waals surface area (Å²) in [5.41, 5.74) is 1.43. The molecule has 1 aromatic heterocycles. The summed E-state index contributed by atoms with van der Waals surface area (Å²) in [6.07, 6.45) is 1.62. The molecule has 4 aromatic rings. The zero-order chi connectivity index (χ0) is 29.5. The number of carbonyl (C=O) groups excluding carboxylic acids is 2. The lowest BCUT2D eigenvalue weighted by Crippen LogP contribution is -2.43. The second-order valence-electron chi connectivity index (χ2n) is 9.15. The molecule has 41 heavy (non-hydrogen) atoms. The van der Waals surface area contributed by atoms with Crippen molar-refractivity contribution in [3.05, 3.63) is 112 Å². The minimum absolute atomic E-state index is 0.00659. The third kappa shape index (κ3) is 7.21. The van der Waals surface area contributed by atoms with Gasteiger partial charge in [0.25, 0.3) is 11.5 Å². The molecule has 0 radical (unpaired) electrons. The number of benzene rings is 3. The first kappa shape index (κ1) is 29.6. The largest absolute Gasteiger partial charge is 0.467 e. The molecule has 1 amide bonds. The predicted octanol–water partition coefficient (Wildman–Crippen LogP) is 3.81. The molecule has 3 aromatic carbocycles. The highest BCUT2D eigenvalue weighted by atomic mass is 32.2. The van der Waals surface area contributed by atoms with Gasteiger partial charge in [-0.25, -0.2) is 18.3 Å². The Labute approximate surface area is 239 Å². The molecule has 0 aliphatic carbocycles. The van der Waals surface area contributed by atoms with Gasteiger partial charge in [-0.3, -0.25) is 14.3 Å². The summed E-state index contributed by atoms with van der Waals surface area (Å²) in [6, 6.07) is 16.6. The number of aromatic nitrogens is 2. The van der Waals surface area contributed by atoms with Crippen LogP contribution in [0.4, 0.5) is 14.5 Å². The Morgan fingerprint density at radius 3 is 2.17 bits per heavy atom. The van der Waals surface area contributed by atoms with Crippen molar-refractivity contribution >= 4 is 29.5 Å². The molecule has 0 spiro atoms. The van der Waals surface area contributed by atoms with E-state index in [1.807, 2.05) is 31.3 Å². The monoisotopic (exact) mass is 581 g/mol. The second kappa shape index (κ2) is 13.3. The molecule has 1 atom stereocenters. The van der Waals surface area contributed by atoms with Gasteiger partial charge in [-0.05, 0) is 66.5 Å². The highest BCUT2D eigenvalue weighted by Crippen LogP contribution is 2.25. The van der Waals surface area contributed by atoms with Gasteiger partial charge in [-0.15, -0.1) is 0 Å². The van der Waals surface area contributed by atoms with E-state index in [1.54, 1.807) is 42.2 Å². The Hall–Kier alpha value is -4.42. The normalized spacial score (nSPS) is 11.6. The standard InChI is InChI=1S/C29H29F2N5O4S/c1-32-17-19-6-10-22(11-7-19)41-34-20-15-23(30)27(24(31)16-20)28(38)33-25(29(39)40-3)14-18-4-8-21(9-5-18)36-26(37)12-13-35(36)2/h4-13,15-16,25,32,34H,14,17H2,1-3H3,(H,33,38)/t25-/m0/s1. The highest BCUT2D eigenvalue weighted by Gasteiger charge is 2.26. The van der Waals surface area contributed by atoms with Crippen molar-refractivity contribution in [1.82, 2.24) is 20.0 Å². The van der Waals surface area contributed by atoms with Crippen molar-refractivity contribution in [3.8, 4) is 5.69 Å². The average molecular weight is 582 g/mol. The molecular weight excluding hydrogens is 552 g/mol. The van der Waals surface area contributed by atoms with Crippen molar-refractivity contribution in [3.63, 3.8) is 0 Å². The number of halogens is 2. The van der Waals surface area contributed by atoms with Crippen LogP contribution in [0.2, 0.25) is 0 Å². The fourth-order valence-electron chi connectivity index (χ4n) is 4.19.